The Hall–Kier alpha value is -2.55. The smallest absolute Gasteiger partial charge is 0.260 e. The highest BCUT2D eigenvalue weighted by Crippen LogP contribution is 2.20. The lowest BCUT2D eigenvalue weighted by molar-refractivity contribution is -0.137. The fraction of sp³-hybridized carbons (Fsp3) is 0.318. The van der Waals surface area contributed by atoms with Crippen molar-refractivity contribution < 1.29 is 19.1 Å². The summed E-state index contributed by atoms with van der Waals surface area (Å²) in [7, 11) is 0. The highest BCUT2D eigenvalue weighted by atomic mass is 35.5. The fourth-order valence-corrected chi connectivity index (χ4v) is 3.88. The van der Waals surface area contributed by atoms with Crippen molar-refractivity contribution in [1.82, 2.24) is 10.3 Å². The van der Waals surface area contributed by atoms with E-state index in [0.717, 1.165) is 11.1 Å². The van der Waals surface area contributed by atoms with Gasteiger partial charge in [0.2, 0.25) is 5.91 Å². The molecule has 0 unspecified atom stereocenters. The lowest BCUT2D eigenvalue weighted by Crippen LogP contribution is -2.42. The molecule has 31 heavy (non-hydrogen) atoms. The van der Waals surface area contributed by atoms with Gasteiger partial charge in [-0.05, 0) is 41.5 Å². The number of hydrogen-bond donors (Lipinski definition) is 1. The molecule has 2 aromatic rings. The summed E-state index contributed by atoms with van der Waals surface area (Å²) in [6, 6.07) is 14.7. The minimum atomic E-state index is -0.185. The number of rotatable bonds is 9. The van der Waals surface area contributed by atoms with E-state index in [0.29, 0.717) is 42.8 Å². The number of morpholine rings is 1. The van der Waals surface area contributed by atoms with Crippen molar-refractivity contribution in [2.24, 2.45) is 5.10 Å². The molecule has 7 nitrogen and oxygen atoms in total. The van der Waals surface area contributed by atoms with Crippen LogP contribution in [0.4, 0.5) is 0 Å². The van der Waals surface area contributed by atoms with Gasteiger partial charge >= 0.3 is 0 Å². The predicted octanol–water partition coefficient (Wildman–Crippen LogP) is 2.96. The summed E-state index contributed by atoms with van der Waals surface area (Å²) >= 11 is 7.57. The lowest BCUT2D eigenvalue weighted by atomic mass is 10.2. The first-order valence-electron chi connectivity index (χ1n) is 9.83. The third-order valence-corrected chi connectivity index (χ3v) is 5.81. The largest absolute Gasteiger partial charge is 0.484 e. The Morgan fingerprint density at radius 1 is 1.16 bits per heavy atom. The molecule has 0 atom stereocenters. The summed E-state index contributed by atoms with van der Waals surface area (Å²) in [6.45, 7) is 2.33. The third kappa shape index (κ3) is 7.90. The van der Waals surface area contributed by atoms with Gasteiger partial charge in [-0.15, -0.1) is 11.8 Å². The number of hydrogen-bond acceptors (Lipinski definition) is 6. The Bertz CT molecular complexity index is 902. The van der Waals surface area contributed by atoms with Crippen LogP contribution >= 0.6 is 23.4 Å². The van der Waals surface area contributed by atoms with Gasteiger partial charge in [0.25, 0.3) is 5.91 Å². The standard InChI is InChI=1S/C22H24ClN3O4S/c23-20-4-2-1-3-18(20)15-31-16-21(27)25-24-13-17-5-7-19(8-6-17)30-14-22(28)26-9-11-29-12-10-26/h1-8,13H,9-12,14-16H2,(H,25,27)/b24-13-. The molecule has 164 valence electrons. The van der Waals surface area contributed by atoms with Gasteiger partial charge in [0, 0.05) is 23.9 Å². The minimum Gasteiger partial charge on any atom is -0.484 e. The second kappa shape index (κ2) is 12.3. The molecule has 1 N–H and O–H groups in total. The van der Waals surface area contributed by atoms with Crippen molar-refractivity contribution in [2.45, 2.75) is 5.75 Å². The summed E-state index contributed by atoms with van der Waals surface area (Å²) in [5.41, 5.74) is 4.31. The van der Waals surface area contributed by atoms with Gasteiger partial charge in [-0.25, -0.2) is 5.43 Å². The SMILES string of the molecule is O=C(CSCc1ccccc1Cl)N/N=C\c1ccc(OCC(=O)N2CCOCC2)cc1. The quantitative estimate of drug-likeness (QED) is 0.458. The first-order chi connectivity index (χ1) is 15.1. The van der Waals surface area contributed by atoms with Crippen LogP contribution in [-0.4, -0.2) is 61.6 Å². The van der Waals surface area contributed by atoms with Crippen LogP contribution < -0.4 is 10.2 Å². The number of thioether (sulfide) groups is 1. The van der Waals surface area contributed by atoms with E-state index in [1.54, 1.807) is 35.4 Å². The lowest BCUT2D eigenvalue weighted by Gasteiger charge is -2.26. The van der Waals surface area contributed by atoms with E-state index in [4.69, 9.17) is 21.1 Å². The van der Waals surface area contributed by atoms with Crippen molar-refractivity contribution in [2.75, 3.05) is 38.7 Å². The van der Waals surface area contributed by atoms with Crippen LogP contribution in [0.15, 0.2) is 53.6 Å². The zero-order valence-corrected chi connectivity index (χ0v) is 18.5. The van der Waals surface area contributed by atoms with Crippen molar-refractivity contribution in [1.29, 1.82) is 0 Å². The highest BCUT2D eigenvalue weighted by molar-refractivity contribution is 7.99. The zero-order chi connectivity index (χ0) is 21.9. The van der Waals surface area contributed by atoms with E-state index in [9.17, 15) is 9.59 Å². The van der Waals surface area contributed by atoms with Crippen LogP contribution in [0.1, 0.15) is 11.1 Å². The predicted molar refractivity (Wildman–Crippen MR) is 123 cm³/mol. The number of nitrogens with one attached hydrogen (secondary N) is 1. The van der Waals surface area contributed by atoms with Gasteiger partial charge in [0.1, 0.15) is 5.75 Å². The summed E-state index contributed by atoms with van der Waals surface area (Å²) in [5, 5.41) is 4.67. The average Bonchev–Trinajstić information content (AvgIpc) is 2.80. The van der Waals surface area contributed by atoms with Crippen molar-refractivity contribution in [3.63, 3.8) is 0 Å². The van der Waals surface area contributed by atoms with Crippen molar-refractivity contribution in [3.8, 4) is 5.75 Å². The molecule has 2 amide bonds. The van der Waals surface area contributed by atoms with Gasteiger partial charge < -0.3 is 14.4 Å². The molecule has 0 spiro atoms. The monoisotopic (exact) mass is 461 g/mol. The molecule has 1 saturated heterocycles. The topological polar surface area (TPSA) is 80.2 Å². The number of benzene rings is 2. The van der Waals surface area contributed by atoms with Crippen LogP contribution in [0.2, 0.25) is 5.02 Å². The van der Waals surface area contributed by atoms with Gasteiger partial charge in [-0.3, -0.25) is 9.59 Å². The molecule has 1 heterocycles. The van der Waals surface area contributed by atoms with Crippen LogP contribution in [0, 0.1) is 0 Å². The zero-order valence-electron chi connectivity index (χ0n) is 17.0. The maximum absolute atomic E-state index is 12.1. The Labute approximate surface area is 190 Å². The number of ether oxygens (including phenoxy) is 2. The molecule has 0 aliphatic carbocycles. The second-order valence-electron chi connectivity index (χ2n) is 6.73. The van der Waals surface area contributed by atoms with E-state index in [-0.39, 0.29) is 24.2 Å². The van der Waals surface area contributed by atoms with Gasteiger partial charge in [-0.2, -0.15) is 5.10 Å². The normalized spacial score (nSPS) is 13.9. The molecule has 9 heteroatoms. The van der Waals surface area contributed by atoms with Crippen LogP contribution in [0.3, 0.4) is 0 Å². The van der Waals surface area contributed by atoms with Crippen molar-refractivity contribution >= 4 is 41.4 Å². The van der Waals surface area contributed by atoms with Crippen LogP contribution in [0.5, 0.6) is 5.75 Å². The number of amides is 2. The maximum atomic E-state index is 12.1. The highest BCUT2D eigenvalue weighted by Gasteiger charge is 2.17. The molecule has 2 aromatic carbocycles. The van der Waals surface area contributed by atoms with E-state index in [1.807, 2.05) is 24.3 Å². The summed E-state index contributed by atoms with van der Waals surface area (Å²) < 4.78 is 10.8. The summed E-state index contributed by atoms with van der Waals surface area (Å²) in [5.74, 6) is 1.30. The Balaban J connectivity index is 1.35. The minimum absolute atomic E-state index is 0.00461. The fourth-order valence-electron chi connectivity index (χ4n) is 2.78. The second-order valence-corrected chi connectivity index (χ2v) is 8.12. The summed E-state index contributed by atoms with van der Waals surface area (Å²) in [6.07, 6.45) is 1.55. The molecular weight excluding hydrogens is 438 g/mol. The molecule has 0 saturated carbocycles. The van der Waals surface area contributed by atoms with Crippen molar-refractivity contribution in [3.05, 3.63) is 64.7 Å². The number of halogens is 1. The van der Waals surface area contributed by atoms with E-state index in [1.165, 1.54) is 11.8 Å². The molecule has 1 aliphatic heterocycles. The first kappa shape index (κ1) is 23.1. The number of nitrogens with zero attached hydrogens (tertiary/aromatic N) is 2. The van der Waals surface area contributed by atoms with Gasteiger partial charge in [0.15, 0.2) is 6.61 Å². The molecule has 1 fully saturated rings. The molecule has 3 rings (SSSR count). The maximum Gasteiger partial charge on any atom is 0.260 e. The van der Waals surface area contributed by atoms with Gasteiger partial charge in [-0.1, -0.05) is 29.8 Å². The molecule has 0 radical (unpaired) electrons. The Kier molecular flexibility index (Phi) is 9.20. The van der Waals surface area contributed by atoms with E-state index in [2.05, 4.69) is 10.5 Å². The van der Waals surface area contributed by atoms with Crippen LogP contribution in [0.25, 0.3) is 0 Å². The molecule has 0 aromatic heterocycles. The molecule has 0 bridgehead atoms. The molecule has 1 aliphatic rings. The number of carbonyl (C=O) groups is 2. The Morgan fingerprint density at radius 2 is 1.90 bits per heavy atom. The number of hydrazone groups is 1. The van der Waals surface area contributed by atoms with Gasteiger partial charge in [0.05, 0.1) is 25.2 Å². The first-order valence-corrected chi connectivity index (χ1v) is 11.4. The average molecular weight is 462 g/mol. The van der Waals surface area contributed by atoms with E-state index < -0.39 is 0 Å². The van der Waals surface area contributed by atoms with Crippen LogP contribution in [-0.2, 0) is 20.1 Å². The third-order valence-electron chi connectivity index (χ3n) is 4.46. The molecular formula is C22H24ClN3O4S. The Morgan fingerprint density at radius 3 is 2.65 bits per heavy atom. The number of carbonyl (C=O) groups excluding carboxylic acids is 2. The van der Waals surface area contributed by atoms with E-state index >= 15 is 0 Å². The summed E-state index contributed by atoms with van der Waals surface area (Å²) in [4.78, 5) is 25.7.